The van der Waals surface area contributed by atoms with Crippen LogP contribution in [0.15, 0.2) is 24.3 Å². The second-order valence-corrected chi connectivity index (χ2v) is 13.4. The third-order valence-electron chi connectivity index (χ3n) is 5.14. The zero-order chi connectivity index (χ0) is 18.0. The third-order valence-corrected chi connectivity index (χ3v) is 9.62. The lowest BCUT2D eigenvalue weighted by Crippen LogP contribution is -2.47. The number of methoxy groups -OCH3 is 1. The Morgan fingerprint density at radius 3 is 2.12 bits per heavy atom. The molecule has 0 atom stereocenters. The van der Waals surface area contributed by atoms with Crippen molar-refractivity contribution in [3.63, 3.8) is 0 Å². The van der Waals surface area contributed by atoms with E-state index in [9.17, 15) is 0 Å². The molecule has 1 aliphatic heterocycles. The fourth-order valence-electron chi connectivity index (χ4n) is 2.25. The average Bonchev–Trinajstić information content (AvgIpc) is 2.53. The fraction of sp³-hybridized carbons (Fsp3) is 0.684. The molecule has 0 spiro atoms. The van der Waals surface area contributed by atoms with Gasteiger partial charge in [0, 0.05) is 17.6 Å². The standard InChI is InChI=1S/C19H32O4Si/c1-18(2,3)24(6,7)23-14-19(4)12-21-17(22-13-19)15-8-10-16(20-5)11-9-15/h8-11,17H,12-14H2,1-7H3. The van der Waals surface area contributed by atoms with Crippen molar-refractivity contribution in [1.29, 1.82) is 0 Å². The number of hydrogen-bond acceptors (Lipinski definition) is 4. The van der Waals surface area contributed by atoms with Crippen molar-refractivity contribution in [2.45, 2.75) is 52.1 Å². The van der Waals surface area contributed by atoms with Gasteiger partial charge in [0.25, 0.3) is 0 Å². The number of hydrogen-bond donors (Lipinski definition) is 0. The van der Waals surface area contributed by atoms with Crippen LogP contribution >= 0.6 is 0 Å². The quantitative estimate of drug-likeness (QED) is 0.715. The monoisotopic (exact) mass is 352 g/mol. The van der Waals surface area contributed by atoms with Gasteiger partial charge in [-0.1, -0.05) is 39.8 Å². The van der Waals surface area contributed by atoms with Crippen LogP contribution in [0.4, 0.5) is 0 Å². The van der Waals surface area contributed by atoms with Gasteiger partial charge in [-0.3, -0.25) is 0 Å². The topological polar surface area (TPSA) is 36.9 Å². The molecule has 0 bridgehead atoms. The predicted molar refractivity (Wildman–Crippen MR) is 98.9 cm³/mol. The molecule has 24 heavy (non-hydrogen) atoms. The zero-order valence-electron chi connectivity index (χ0n) is 16.1. The minimum absolute atomic E-state index is 0.0987. The first-order chi connectivity index (χ1) is 11.1. The minimum atomic E-state index is -1.75. The molecule has 1 saturated heterocycles. The van der Waals surface area contributed by atoms with Gasteiger partial charge in [-0.05, 0) is 30.3 Å². The molecular weight excluding hydrogens is 320 g/mol. The highest BCUT2D eigenvalue weighted by atomic mass is 28.4. The van der Waals surface area contributed by atoms with E-state index < -0.39 is 8.32 Å². The van der Waals surface area contributed by atoms with Gasteiger partial charge in [0.05, 0.1) is 20.3 Å². The lowest BCUT2D eigenvalue weighted by molar-refractivity contribution is -0.235. The summed E-state index contributed by atoms with van der Waals surface area (Å²) < 4.78 is 23.5. The molecule has 5 heteroatoms. The Balaban J connectivity index is 1.91. The van der Waals surface area contributed by atoms with Crippen LogP contribution in [0, 0.1) is 5.41 Å². The SMILES string of the molecule is COc1ccc(C2OCC(C)(CO[Si](C)(C)C(C)(C)C)CO2)cc1. The van der Waals surface area contributed by atoms with E-state index >= 15 is 0 Å². The molecule has 0 aliphatic carbocycles. The van der Waals surface area contributed by atoms with E-state index in [0.29, 0.717) is 19.8 Å². The van der Waals surface area contributed by atoms with E-state index in [0.717, 1.165) is 11.3 Å². The maximum atomic E-state index is 6.37. The van der Waals surface area contributed by atoms with Gasteiger partial charge in [-0.15, -0.1) is 0 Å². The van der Waals surface area contributed by atoms with Crippen molar-refractivity contribution < 1.29 is 18.6 Å². The number of rotatable bonds is 5. The molecule has 0 amide bonds. The van der Waals surface area contributed by atoms with Crippen LogP contribution in [0.5, 0.6) is 5.75 Å². The van der Waals surface area contributed by atoms with Crippen LogP contribution in [0.25, 0.3) is 0 Å². The Morgan fingerprint density at radius 2 is 1.67 bits per heavy atom. The fourth-order valence-corrected chi connectivity index (χ4v) is 3.39. The second kappa shape index (κ2) is 7.16. The summed E-state index contributed by atoms with van der Waals surface area (Å²) in [5.74, 6) is 0.835. The summed E-state index contributed by atoms with van der Waals surface area (Å²) in [7, 11) is -0.0892. The molecule has 0 N–H and O–H groups in total. The molecule has 1 aliphatic rings. The summed E-state index contributed by atoms with van der Waals surface area (Å²) in [6, 6.07) is 7.82. The largest absolute Gasteiger partial charge is 0.497 e. The van der Waals surface area contributed by atoms with Crippen molar-refractivity contribution in [3.05, 3.63) is 29.8 Å². The highest BCUT2D eigenvalue weighted by Crippen LogP contribution is 2.39. The van der Waals surface area contributed by atoms with Crippen LogP contribution in [-0.4, -0.2) is 35.2 Å². The predicted octanol–water partition coefficient (Wildman–Crippen LogP) is 4.77. The third kappa shape index (κ3) is 4.60. The molecule has 1 heterocycles. The van der Waals surface area contributed by atoms with Gasteiger partial charge in [0.1, 0.15) is 5.75 Å². The number of ether oxygens (including phenoxy) is 3. The van der Waals surface area contributed by atoms with Crippen molar-refractivity contribution in [2.75, 3.05) is 26.9 Å². The maximum Gasteiger partial charge on any atom is 0.192 e. The Labute approximate surface area is 147 Å². The number of benzene rings is 1. The second-order valence-electron chi connectivity index (χ2n) is 8.59. The van der Waals surface area contributed by atoms with Crippen LogP contribution in [0.1, 0.15) is 39.5 Å². The minimum Gasteiger partial charge on any atom is -0.497 e. The first-order valence-corrected chi connectivity index (χ1v) is 11.5. The van der Waals surface area contributed by atoms with E-state index in [2.05, 4.69) is 40.8 Å². The summed E-state index contributed by atoms with van der Waals surface area (Å²) in [6.45, 7) is 15.5. The van der Waals surface area contributed by atoms with Crippen LogP contribution in [0.2, 0.25) is 18.1 Å². The Hall–Kier alpha value is -0.883. The highest BCUT2D eigenvalue weighted by Gasteiger charge is 2.41. The zero-order valence-corrected chi connectivity index (χ0v) is 17.1. The Kier molecular flexibility index (Phi) is 5.80. The lowest BCUT2D eigenvalue weighted by atomic mass is 9.93. The van der Waals surface area contributed by atoms with Crippen LogP contribution in [0.3, 0.4) is 0 Å². The summed E-state index contributed by atoms with van der Waals surface area (Å²) in [6.07, 6.45) is -0.308. The van der Waals surface area contributed by atoms with Gasteiger partial charge >= 0.3 is 0 Å². The summed E-state index contributed by atoms with van der Waals surface area (Å²) in [5.41, 5.74) is 0.918. The summed E-state index contributed by atoms with van der Waals surface area (Å²) in [5, 5.41) is 0.214. The van der Waals surface area contributed by atoms with Crippen molar-refractivity contribution in [3.8, 4) is 5.75 Å². The van der Waals surface area contributed by atoms with Gasteiger partial charge in [-0.25, -0.2) is 0 Å². The van der Waals surface area contributed by atoms with E-state index in [-0.39, 0.29) is 16.7 Å². The molecule has 4 nitrogen and oxygen atoms in total. The van der Waals surface area contributed by atoms with Crippen molar-refractivity contribution >= 4 is 8.32 Å². The molecule has 136 valence electrons. The first kappa shape index (κ1) is 19.4. The van der Waals surface area contributed by atoms with Crippen LogP contribution in [-0.2, 0) is 13.9 Å². The molecule has 1 fully saturated rings. The van der Waals surface area contributed by atoms with Crippen molar-refractivity contribution in [2.24, 2.45) is 5.41 Å². The lowest BCUT2D eigenvalue weighted by Gasteiger charge is -2.42. The Morgan fingerprint density at radius 1 is 1.12 bits per heavy atom. The molecule has 0 aromatic heterocycles. The van der Waals surface area contributed by atoms with Gasteiger partial charge < -0.3 is 18.6 Å². The van der Waals surface area contributed by atoms with E-state index in [4.69, 9.17) is 18.6 Å². The van der Waals surface area contributed by atoms with Gasteiger partial charge in [0.15, 0.2) is 14.6 Å². The molecule has 1 aromatic rings. The van der Waals surface area contributed by atoms with E-state index in [1.165, 1.54) is 0 Å². The Bertz CT molecular complexity index is 525. The highest BCUT2D eigenvalue weighted by molar-refractivity contribution is 6.74. The molecule has 0 radical (unpaired) electrons. The van der Waals surface area contributed by atoms with Gasteiger partial charge in [0.2, 0.25) is 0 Å². The molecule has 2 rings (SSSR count). The molecule has 0 unspecified atom stereocenters. The van der Waals surface area contributed by atoms with Gasteiger partial charge in [-0.2, -0.15) is 0 Å². The molecular formula is C19H32O4Si. The van der Waals surface area contributed by atoms with Crippen molar-refractivity contribution in [1.82, 2.24) is 0 Å². The smallest absolute Gasteiger partial charge is 0.192 e. The summed E-state index contributed by atoms with van der Waals surface area (Å²) >= 11 is 0. The average molecular weight is 353 g/mol. The van der Waals surface area contributed by atoms with E-state index in [1.807, 2.05) is 24.3 Å². The van der Waals surface area contributed by atoms with Crippen LogP contribution < -0.4 is 4.74 Å². The molecule has 1 aromatic carbocycles. The summed E-state index contributed by atoms with van der Waals surface area (Å²) in [4.78, 5) is 0. The normalized spacial score (nSPS) is 25.5. The van der Waals surface area contributed by atoms with E-state index in [1.54, 1.807) is 7.11 Å². The first-order valence-electron chi connectivity index (χ1n) is 8.57. The molecule has 0 saturated carbocycles. The maximum absolute atomic E-state index is 6.37.